The molecule has 0 saturated heterocycles. The van der Waals surface area contributed by atoms with Gasteiger partial charge in [0.2, 0.25) is 11.8 Å². The van der Waals surface area contributed by atoms with Crippen molar-refractivity contribution in [3.63, 3.8) is 0 Å². The predicted octanol–water partition coefficient (Wildman–Crippen LogP) is 1.49. The van der Waals surface area contributed by atoms with Crippen LogP contribution in [-0.4, -0.2) is 17.9 Å². The van der Waals surface area contributed by atoms with E-state index < -0.39 is 11.9 Å². The molecule has 100 valence electrons. The lowest BCUT2D eigenvalue weighted by Gasteiger charge is -2.10. The van der Waals surface area contributed by atoms with Gasteiger partial charge in [0.05, 0.1) is 11.7 Å². The number of halogens is 2. The van der Waals surface area contributed by atoms with Crippen molar-refractivity contribution in [2.75, 3.05) is 10.6 Å². The van der Waals surface area contributed by atoms with Gasteiger partial charge in [0.25, 0.3) is 0 Å². The summed E-state index contributed by atoms with van der Waals surface area (Å²) in [5.74, 6) is -1.34. The predicted molar refractivity (Wildman–Crippen MR) is 70.2 cm³/mol. The summed E-state index contributed by atoms with van der Waals surface area (Å²) in [5, 5.41) is 4.82. The Labute approximate surface area is 110 Å². The molecular formula is C11H15ClFN3O2. The highest BCUT2D eigenvalue weighted by Crippen LogP contribution is 2.19. The van der Waals surface area contributed by atoms with Crippen LogP contribution in [0.4, 0.5) is 15.8 Å². The molecule has 0 aliphatic heterocycles. The third-order valence-electron chi connectivity index (χ3n) is 1.96. The molecule has 0 aliphatic carbocycles. The maximum Gasteiger partial charge on any atom is 0.240 e. The van der Waals surface area contributed by atoms with E-state index in [9.17, 15) is 14.0 Å². The molecule has 0 aliphatic rings. The first-order valence-electron chi connectivity index (χ1n) is 5.03. The molecule has 0 bridgehead atoms. The first-order valence-corrected chi connectivity index (χ1v) is 5.03. The van der Waals surface area contributed by atoms with Crippen molar-refractivity contribution in [2.45, 2.75) is 19.9 Å². The largest absolute Gasteiger partial charge is 0.325 e. The Bertz CT molecular complexity index is 452. The summed E-state index contributed by atoms with van der Waals surface area (Å²) in [7, 11) is 0. The monoisotopic (exact) mass is 275 g/mol. The number of nitrogens with one attached hydrogen (secondary N) is 2. The number of carbonyl (C=O) groups excluding carboxylic acids is 2. The van der Waals surface area contributed by atoms with E-state index in [1.165, 1.54) is 26.0 Å². The molecule has 0 fully saturated rings. The van der Waals surface area contributed by atoms with Gasteiger partial charge >= 0.3 is 0 Å². The smallest absolute Gasteiger partial charge is 0.240 e. The second-order valence-electron chi connectivity index (χ2n) is 3.65. The molecule has 1 aromatic rings. The normalized spacial score (nSPS) is 11.1. The Morgan fingerprint density at radius 1 is 1.33 bits per heavy atom. The molecule has 0 aromatic heterocycles. The number of carbonyl (C=O) groups is 2. The van der Waals surface area contributed by atoms with E-state index in [0.717, 1.165) is 6.07 Å². The summed E-state index contributed by atoms with van der Waals surface area (Å²) in [6.45, 7) is 2.81. The minimum Gasteiger partial charge on any atom is -0.325 e. The van der Waals surface area contributed by atoms with Gasteiger partial charge in [-0.25, -0.2) is 4.39 Å². The molecule has 0 radical (unpaired) electrons. The molecule has 1 rings (SSSR count). The molecule has 1 atom stereocenters. The van der Waals surface area contributed by atoms with Gasteiger partial charge in [0, 0.05) is 12.6 Å². The molecule has 4 N–H and O–H groups in total. The van der Waals surface area contributed by atoms with Crippen LogP contribution in [0.5, 0.6) is 0 Å². The van der Waals surface area contributed by atoms with Crippen LogP contribution >= 0.6 is 12.4 Å². The van der Waals surface area contributed by atoms with Gasteiger partial charge in [-0.1, -0.05) is 0 Å². The number of nitrogens with two attached hydrogens (primary N) is 1. The topological polar surface area (TPSA) is 84.2 Å². The first kappa shape index (κ1) is 16.3. The van der Waals surface area contributed by atoms with Gasteiger partial charge < -0.3 is 16.4 Å². The van der Waals surface area contributed by atoms with Crippen LogP contribution in [0.15, 0.2) is 18.2 Å². The summed E-state index contributed by atoms with van der Waals surface area (Å²) < 4.78 is 13.3. The highest BCUT2D eigenvalue weighted by molar-refractivity contribution is 5.95. The lowest BCUT2D eigenvalue weighted by Crippen LogP contribution is -2.32. The Morgan fingerprint density at radius 2 is 1.94 bits per heavy atom. The van der Waals surface area contributed by atoms with Crippen LogP contribution in [0.3, 0.4) is 0 Å². The minimum absolute atomic E-state index is 0. The number of amides is 2. The summed E-state index contributed by atoms with van der Waals surface area (Å²) in [6.07, 6.45) is 0. The average molecular weight is 276 g/mol. The molecule has 2 amide bonds. The standard InChI is InChI=1S/C11H14FN3O2.ClH/c1-6(13)11(17)15-8-3-4-9(12)10(5-8)14-7(2)16;/h3-6H,13H2,1-2H3,(H,14,16)(H,15,17);1H. The second-order valence-corrected chi connectivity index (χ2v) is 3.65. The van der Waals surface area contributed by atoms with Gasteiger partial charge in [-0.2, -0.15) is 0 Å². The minimum atomic E-state index is -0.663. The van der Waals surface area contributed by atoms with Crippen LogP contribution in [0.1, 0.15) is 13.8 Å². The Kier molecular flexibility index (Phi) is 6.29. The van der Waals surface area contributed by atoms with Crippen molar-refractivity contribution in [3.05, 3.63) is 24.0 Å². The third kappa shape index (κ3) is 4.68. The van der Waals surface area contributed by atoms with E-state index in [-0.39, 0.29) is 29.9 Å². The highest BCUT2D eigenvalue weighted by Gasteiger charge is 2.10. The van der Waals surface area contributed by atoms with Crippen molar-refractivity contribution in [1.29, 1.82) is 0 Å². The van der Waals surface area contributed by atoms with Gasteiger partial charge in [0.1, 0.15) is 5.82 Å². The maximum absolute atomic E-state index is 13.3. The van der Waals surface area contributed by atoms with Crippen LogP contribution in [0.25, 0.3) is 0 Å². The number of rotatable bonds is 3. The quantitative estimate of drug-likeness (QED) is 0.781. The van der Waals surface area contributed by atoms with E-state index in [2.05, 4.69) is 10.6 Å². The van der Waals surface area contributed by atoms with Crippen LogP contribution < -0.4 is 16.4 Å². The fraction of sp³-hybridized carbons (Fsp3) is 0.273. The number of hydrogen-bond acceptors (Lipinski definition) is 3. The summed E-state index contributed by atoms with van der Waals surface area (Å²) >= 11 is 0. The van der Waals surface area contributed by atoms with Crippen molar-refractivity contribution < 1.29 is 14.0 Å². The number of benzene rings is 1. The number of hydrogen-bond donors (Lipinski definition) is 3. The van der Waals surface area contributed by atoms with Crippen LogP contribution in [0.2, 0.25) is 0 Å². The molecule has 18 heavy (non-hydrogen) atoms. The summed E-state index contributed by atoms with van der Waals surface area (Å²) in [6, 6.07) is 3.21. The average Bonchev–Trinajstić information content (AvgIpc) is 2.22. The Hall–Kier alpha value is -1.66. The van der Waals surface area contributed by atoms with E-state index in [1.807, 2.05) is 0 Å². The molecule has 7 heteroatoms. The fourth-order valence-electron chi connectivity index (χ4n) is 1.14. The molecular weight excluding hydrogens is 261 g/mol. The molecule has 1 unspecified atom stereocenters. The molecule has 5 nitrogen and oxygen atoms in total. The zero-order valence-electron chi connectivity index (χ0n) is 9.99. The van der Waals surface area contributed by atoms with Gasteiger partial charge in [-0.05, 0) is 25.1 Å². The van der Waals surface area contributed by atoms with Gasteiger partial charge in [-0.3, -0.25) is 9.59 Å². The van der Waals surface area contributed by atoms with E-state index in [0.29, 0.717) is 5.69 Å². The molecule has 0 saturated carbocycles. The van der Waals surface area contributed by atoms with Crippen molar-refractivity contribution in [3.8, 4) is 0 Å². The maximum atomic E-state index is 13.3. The Morgan fingerprint density at radius 3 is 2.44 bits per heavy atom. The fourth-order valence-corrected chi connectivity index (χ4v) is 1.14. The first-order chi connectivity index (χ1) is 7.90. The highest BCUT2D eigenvalue weighted by atomic mass is 35.5. The van der Waals surface area contributed by atoms with Crippen LogP contribution in [-0.2, 0) is 9.59 Å². The lowest BCUT2D eigenvalue weighted by atomic mass is 10.2. The number of anilines is 2. The molecule has 0 spiro atoms. The zero-order chi connectivity index (χ0) is 13.0. The zero-order valence-corrected chi connectivity index (χ0v) is 10.8. The van der Waals surface area contributed by atoms with E-state index in [1.54, 1.807) is 0 Å². The lowest BCUT2D eigenvalue weighted by molar-refractivity contribution is -0.117. The Balaban J connectivity index is 0.00000289. The third-order valence-corrected chi connectivity index (χ3v) is 1.96. The SMILES string of the molecule is CC(=O)Nc1cc(NC(=O)C(C)N)ccc1F.Cl. The summed E-state index contributed by atoms with van der Waals surface area (Å²) in [5.41, 5.74) is 5.76. The van der Waals surface area contributed by atoms with Crippen molar-refractivity contribution in [2.24, 2.45) is 5.73 Å². The second kappa shape index (κ2) is 6.93. The van der Waals surface area contributed by atoms with E-state index in [4.69, 9.17) is 5.73 Å². The van der Waals surface area contributed by atoms with Gasteiger partial charge in [0.15, 0.2) is 0 Å². The van der Waals surface area contributed by atoms with Gasteiger partial charge in [-0.15, -0.1) is 12.4 Å². The molecule has 0 heterocycles. The van der Waals surface area contributed by atoms with E-state index >= 15 is 0 Å². The van der Waals surface area contributed by atoms with Crippen molar-refractivity contribution in [1.82, 2.24) is 0 Å². The van der Waals surface area contributed by atoms with Crippen LogP contribution in [0, 0.1) is 5.82 Å². The van der Waals surface area contributed by atoms with Crippen molar-refractivity contribution >= 4 is 35.6 Å². The molecule has 1 aromatic carbocycles. The summed E-state index contributed by atoms with van der Waals surface area (Å²) in [4.78, 5) is 22.1.